The molecule has 1 saturated heterocycles. The molecule has 0 N–H and O–H groups in total. The summed E-state index contributed by atoms with van der Waals surface area (Å²) >= 11 is 0. The highest BCUT2D eigenvalue weighted by Crippen LogP contribution is 2.30. The molecule has 0 saturated carbocycles. The van der Waals surface area contributed by atoms with E-state index >= 15 is 0 Å². The van der Waals surface area contributed by atoms with Crippen LogP contribution in [0.3, 0.4) is 0 Å². The number of hydrogen-bond donors (Lipinski definition) is 0. The Balaban J connectivity index is 2.44. The Hall–Kier alpha value is -1.58. The molecule has 2 rings (SSSR count). The number of piperidine rings is 1. The van der Waals surface area contributed by atoms with Crippen LogP contribution in [0.25, 0.3) is 0 Å². The van der Waals surface area contributed by atoms with Gasteiger partial charge in [0, 0.05) is 13.1 Å². The molecule has 1 aliphatic rings. The molecule has 1 aliphatic heterocycles. The maximum atomic E-state index is 12.8. The fourth-order valence-electron chi connectivity index (χ4n) is 2.56. The van der Waals surface area contributed by atoms with Gasteiger partial charge < -0.3 is 4.74 Å². The lowest BCUT2D eigenvalue weighted by Crippen LogP contribution is -2.39. The molecule has 21 heavy (non-hydrogen) atoms. The SMILES string of the molecule is CCOc1ccc(C#N)cc1S(=O)(=O)N1CCCC(C)C1. The lowest BCUT2D eigenvalue weighted by atomic mass is 10.0. The van der Waals surface area contributed by atoms with E-state index in [9.17, 15) is 8.42 Å². The molecule has 1 atom stereocenters. The first kappa shape index (κ1) is 15.8. The molecular formula is C15H20N2O3S. The Morgan fingerprint density at radius 3 is 2.86 bits per heavy atom. The van der Waals surface area contributed by atoms with Crippen LogP contribution in [0.5, 0.6) is 5.75 Å². The van der Waals surface area contributed by atoms with Crippen LogP contribution < -0.4 is 4.74 Å². The fourth-order valence-corrected chi connectivity index (χ4v) is 4.31. The number of hydrogen-bond acceptors (Lipinski definition) is 4. The molecule has 114 valence electrons. The van der Waals surface area contributed by atoms with Gasteiger partial charge in [0.1, 0.15) is 10.6 Å². The molecule has 5 nitrogen and oxygen atoms in total. The Morgan fingerprint density at radius 2 is 2.24 bits per heavy atom. The summed E-state index contributed by atoms with van der Waals surface area (Å²) in [4.78, 5) is 0.0949. The van der Waals surface area contributed by atoms with Crippen LogP contribution in [0.2, 0.25) is 0 Å². The zero-order valence-corrected chi connectivity index (χ0v) is 13.2. The summed E-state index contributed by atoms with van der Waals surface area (Å²) in [5, 5.41) is 9.00. The number of nitrogens with zero attached hydrogens (tertiary/aromatic N) is 2. The second-order valence-corrected chi connectivity index (χ2v) is 7.22. The summed E-state index contributed by atoms with van der Waals surface area (Å²) in [7, 11) is -3.62. The summed E-state index contributed by atoms with van der Waals surface area (Å²) in [6.45, 7) is 5.28. The molecule has 0 radical (unpaired) electrons. The van der Waals surface area contributed by atoms with Gasteiger partial charge in [0.25, 0.3) is 0 Å². The second-order valence-electron chi connectivity index (χ2n) is 5.32. The molecular weight excluding hydrogens is 288 g/mol. The summed E-state index contributed by atoms with van der Waals surface area (Å²) in [5.74, 6) is 0.665. The van der Waals surface area contributed by atoms with Crippen molar-refractivity contribution >= 4 is 10.0 Å². The summed E-state index contributed by atoms with van der Waals surface area (Å²) < 4.78 is 32.6. The number of rotatable bonds is 4. The second kappa shape index (κ2) is 6.46. The highest BCUT2D eigenvalue weighted by Gasteiger charge is 2.31. The van der Waals surface area contributed by atoms with Gasteiger partial charge in [0.05, 0.1) is 18.2 Å². The van der Waals surface area contributed by atoms with Gasteiger partial charge in [-0.1, -0.05) is 6.92 Å². The monoisotopic (exact) mass is 308 g/mol. The number of ether oxygens (including phenoxy) is 1. The standard InChI is InChI=1S/C15H20N2O3S/c1-3-20-14-7-6-13(10-16)9-15(14)21(18,19)17-8-4-5-12(2)11-17/h6-7,9,12H,3-5,8,11H2,1-2H3. The van der Waals surface area contributed by atoms with Crippen LogP contribution in [-0.4, -0.2) is 32.4 Å². The minimum Gasteiger partial charge on any atom is -0.492 e. The van der Waals surface area contributed by atoms with Crippen molar-refractivity contribution in [2.24, 2.45) is 5.92 Å². The average Bonchev–Trinajstić information content (AvgIpc) is 2.48. The van der Waals surface area contributed by atoms with Gasteiger partial charge in [-0.05, 0) is 43.9 Å². The zero-order chi connectivity index (χ0) is 15.5. The fraction of sp³-hybridized carbons (Fsp3) is 0.533. The quantitative estimate of drug-likeness (QED) is 0.856. The van der Waals surface area contributed by atoms with Crippen molar-refractivity contribution in [3.8, 4) is 11.8 Å². The van der Waals surface area contributed by atoms with E-state index in [1.807, 2.05) is 6.07 Å². The number of sulfonamides is 1. The van der Waals surface area contributed by atoms with Gasteiger partial charge in [-0.25, -0.2) is 8.42 Å². The molecule has 0 aromatic heterocycles. The largest absolute Gasteiger partial charge is 0.492 e. The highest BCUT2D eigenvalue weighted by molar-refractivity contribution is 7.89. The van der Waals surface area contributed by atoms with Crippen molar-refractivity contribution in [3.05, 3.63) is 23.8 Å². The predicted octanol–water partition coefficient (Wildman–Crippen LogP) is 2.38. The van der Waals surface area contributed by atoms with E-state index in [0.717, 1.165) is 12.8 Å². The maximum Gasteiger partial charge on any atom is 0.246 e. The van der Waals surface area contributed by atoms with Gasteiger partial charge >= 0.3 is 0 Å². The average molecular weight is 308 g/mol. The first-order valence-electron chi connectivity index (χ1n) is 7.16. The predicted molar refractivity (Wildman–Crippen MR) is 79.5 cm³/mol. The van der Waals surface area contributed by atoms with E-state index in [2.05, 4.69) is 6.92 Å². The van der Waals surface area contributed by atoms with Crippen molar-refractivity contribution in [2.45, 2.75) is 31.6 Å². The molecule has 0 amide bonds. The Labute approximate surface area is 126 Å². The molecule has 6 heteroatoms. The van der Waals surface area contributed by atoms with E-state index in [0.29, 0.717) is 36.9 Å². The third-order valence-electron chi connectivity index (χ3n) is 3.61. The minimum absolute atomic E-state index is 0.0949. The van der Waals surface area contributed by atoms with Crippen LogP contribution in [-0.2, 0) is 10.0 Å². The van der Waals surface area contributed by atoms with E-state index in [4.69, 9.17) is 10.00 Å². The van der Waals surface area contributed by atoms with Gasteiger partial charge in [0.15, 0.2) is 0 Å². The molecule has 1 aromatic rings. The highest BCUT2D eigenvalue weighted by atomic mass is 32.2. The molecule has 0 bridgehead atoms. The van der Waals surface area contributed by atoms with Crippen molar-refractivity contribution in [2.75, 3.05) is 19.7 Å². The summed E-state index contributed by atoms with van der Waals surface area (Å²) in [6, 6.07) is 6.51. The lowest BCUT2D eigenvalue weighted by molar-refractivity contribution is 0.278. The first-order chi connectivity index (χ1) is 9.98. The van der Waals surface area contributed by atoms with E-state index < -0.39 is 10.0 Å². The van der Waals surface area contributed by atoms with Gasteiger partial charge in [0.2, 0.25) is 10.0 Å². The van der Waals surface area contributed by atoms with Crippen molar-refractivity contribution in [3.63, 3.8) is 0 Å². The molecule has 0 aliphatic carbocycles. The number of benzene rings is 1. The summed E-state index contributed by atoms with van der Waals surface area (Å²) in [5.41, 5.74) is 0.321. The van der Waals surface area contributed by atoms with Crippen LogP contribution >= 0.6 is 0 Å². The third kappa shape index (κ3) is 3.36. The Bertz CT molecular complexity index is 649. The molecule has 1 unspecified atom stereocenters. The first-order valence-corrected chi connectivity index (χ1v) is 8.60. The molecule has 1 fully saturated rings. The molecule has 1 aromatic carbocycles. The van der Waals surface area contributed by atoms with Crippen LogP contribution in [0.1, 0.15) is 32.3 Å². The normalized spacial score (nSPS) is 20.0. The van der Waals surface area contributed by atoms with Crippen molar-refractivity contribution in [1.82, 2.24) is 4.31 Å². The van der Waals surface area contributed by atoms with E-state index in [-0.39, 0.29) is 4.90 Å². The van der Waals surface area contributed by atoms with Gasteiger partial charge in [-0.3, -0.25) is 0 Å². The van der Waals surface area contributed by atoms with Crippen LogP contribution in [0.4, 0.5) is 0 Å². The minimum atomic E-state index is -3.62. The lowest BCUT2D eigenvalue weighted by Gasteiger charge is -2.30. The topological polar surface area (TPSA) is 70.4 Å². The number of nitriles is 1. The smallest absolute Gasteiger partial charge is 0.246 e. The Kier molecular flexibility index (Phi) is 4.86. The van der Waals surface area contributed by atoms with E-state index in [1.54, 1.807) is 19.1 Å². The van der Waals surface area contributed by atoms with Gasteiger partial charge in [-0.2, -0.15) is 9.57 Å². The third-order valence-corrected chi connectivity index (χ3v) is 5.50. The van der Waals surface area contributed by atoms with E-state index in [1.165, 1.54) is 10.4 Å². The Morgan fingerprint density at radius 1 is 1.48 bits per heavy atom. The van der Waals surface area contributed by atoms with Crippen LogP contribution in [0, 0.1) is 17.2 Å². The van der Waals surface area contributed by atoms with Gasteiger partial charge in [-0.15, -0.1) is 0 Å². The zero-order valence-electron chi connectivity index (χ0n) is 12.4. The van der Waals surface area contributed by atoms with Crippen LogP contribution in [0.15, 0.2) is 23.1 Å². The maximum absolute atomic E-state index is 12.8. The van der Waals surface area contributed by atoms with Crippen molar-refractivity contribution in [1.29, 1.82) is 5.26 Å². The summed E-state index contributed by atoms with van der Waals surface area (Å²) in [6.07, 6.45) is 1.91. The van der Waals surface area contributed by atoms with Crippen molar-refractivity contribution < 1.29 is 13.2 Å². The molecule has 1 heterocycles. The molecule has 0 spiro atoms.